The summed E-state index contributed by atoms with van der Waals surface area (Å²) in [6, 6.07) is 15.2. The molecule has 2 aromatic carbocycles. The van der Waals surface area contributed by atoms with Crippen molar-refractivity contribution in [3.63, 3.8) is 0 Å². The van der Waals surface area contributed by atoms with Crippen LogP contribution in [0.1, 0.15) is 28.2 Å². The summed E-state index contributed by atoms with van der Waals surface area (Å²) in [4.78, 5) is 12.8. The average molecular weight is 344 g/mol. The highest BCUT2D eigenvalue weighted by Crippen LogP contribution is 2.44. The van der Waals surface area contributed by atoms with Crippen LogP contribution in [-0.4, -0.2) is 0 Å². The third-order valence-electron chi connectivity index (χ3n) is 4.65. The summed E-state index contributed by atoms with van der Waals surface area (Å²) in [6.07, 6.45) is 0. The maximum Gasteiger partial charge on any atom is 0.344 e. The molecule has 5 heteroatoms. The molecule has 4 rings (SSSR count). The summed E-state index contributed by atoms with van der Waals surface area (Å²) in [5.74, 6) is -0.230. The molecule has 1 aromatic heterocycles. The zero-order chi connectivity index (χ0) is 18.4. The summed E-state index contributed by atoms with van der Waals surface area (Å²) in [5, 5.41) is 10.3. The minimum absolute atomic E-state index is 0.0146. The molecule has 0 unspecified atom stereocenters. The number of fused-ring (bicyclic) bond motifs is 3. The van der Waals surface area contributed by atoms with E-state index in [2.05, 4.69) is 6.07 Å². The van der Waals surface area contributed by atoms with Crippen molar-refractivity contribution in [2.75, 3.05) is 0 Å². The number of hydrogen-bond acceptors (Lipinski definition) is 5. The molecule has 0 saturated carbocycles. The molecule has 3 aromatic rings. The second-order valence-electron chi connectivity index (χ2n) is 6.42. The molecule has 0 radical (unpaired) electrons. The highest BCUT2D eigenvalue weighted by Gasteiger charge is 2.35. The minimum atomic E-state index is -0.619. The number of rotatable bonds is 1. The Hall–Kier alpha value is -3.52. The zero-order valence-electron chi connectivity index (χ0n) is 14.4. The second kappa shape index (κ2) is 5.78. The van der Waals surface area contributed by atoms with Crippen LogP contribution in [0.25, 0.3) is 11.0 Å². The smallest absolute Gasteiger partial charge is 0.344 e. The molecular formula is C21H16N2O3. The van der Waals surface area contributed by atoms with Gasteiger partial charge < -0.3 is 14.9 Å². The van der Waals surface area contributed by atoms with Gasteiger partial charge >= 0.3 is 5.63 Å². The van der Waals surface area contributed by atoms with Crippen molar-refractivity contribution >= 4 is 11.0 Å². The van der Waals surface area contributed by atoms with Gasteiger partial charge in [-0.3, -0.25) is 0 Å². The highest BCUT2D eigenvalue weighted by atomic mass is 16.5. The third-order valence-corrected chi connectivity index (χ3v) is 4.65. The fourth-order valence-corrected chi connectivity index (χ4v) is 3.59. The van der Waals surface area contributed by atoms with Crippen molar-refractivity contribution in [3.05, 3.63) is 86.6 Å². The van der Waals surface area contributed by atoms with Gasteiger partial charge in [-0.05, 0) is 36.6 Å². The van der Waals surface area contributed by atoms with Crippen molar-refractivity contribution in [1.29, 1.82) is 5.26 Å². The fourth-order valence-electron chi connectivity index (χ4n) is 3.59. The predicted molar refractivity (Wildman–Crippen MR) is 97.7 cm³/mol. The van der Waals surface area contributed by atoms with Gasteiger partial charge in [0.15, 0.2) is 5.75 Å². The Morgan fingerprint density at radius 1 is 1.15 bits per heavy atom. The first kappa shape index (κ1) is 16.0. The lowest BCUT2D eigenvalue weighted by atomic mass is 9.83. The van der Waals surface area contributed by atoms with Crippen LogP contribution in [0, 0.1) is 25.2 Å². The number of nitrogens with two attached hydrogens (primary N) is 1. The zero-order valence-corrected chi connectivity index (χ0v) is 14.4. The number of aryl methyl sites for hydroxylation is 2. The predicted octanol–water partition coefficient (Wildman–Crippen LogP) is 3.63. The molecule has 0 bridgehead atoms. The maximum atomic E-state index is 12.8. The third kappa shape index (κ3) is 2.27. The highest BCUT2D eigenvalue weighted by molar-refractivity contribution is 5.89. The van der Waals surface area contributed by atoms with Crippen LogP contribution in [0.5, 0.6) is 5.75 Å². The molecule has 0 amide bonds. The fraction of sp³-hybridized carbons (Fsp3) is 0.143. The number of nitriles is 1. The molecule has 0 saturated heterocycles. The molecule has 1 aliphatic heterocycles. The van der Waals surface area contributed by atoms with E-state index in [9.17, 15) is 10.1 Å². The van der Waals surface area contributed by atoms with E-state index >= 15 is 0 Å². The first-order chi connectivity index (χ1) is 12.5. The number of benzene rings is 2. The van der Waals surface area contributed by atoms with E-state index < -0.39 is 11.5 Å². The van der Waals surface area contributed by atoms with Crippen LogP contribution in [0.2, 0.25) is 0 Å². The molecule has 0 aliphatic carbocycles. The Labute approximate surface area is 149 Å². The van der Waals surface area contributed by atoms with Crippen molar-refractivity contribution < 1.29 is 9.15 Å². The van der Waals surface area contributed by atoms with Crippen LogP contribution in [0.15, 0.2) is 63.1 Å². The molecule has 26 heavy (non-hydrogen) atoms. The van der Waals surface area contributed by atoms with Crippen LogP contribution in [0.4, 0.5) is 0 Å². The summed E-state index contributed by atoms with van der Waals surface area (Å²) < 4.78 is 11.4. The van der Waals surface area contributed by atoms with E-state index in [0.717, 1.165) is 16.7 Å². The average Bonchev–Trinajstić information content (AvgIpc) is 2.60. The van der Waals surface area contributed by atoms with Crippen molar-refractivity contribution in [3.8, 4) is 11.8 Å². The topological polar surface area (TPSA) is 89.2 Å². The lowest BCUT2D eigenvalue weighted by molar-refractivity contribution is 0.388. The summed E-state index contributed by atoms with van der Waals surface area (Å²) in [5.41, 5.74) is 9.18. The Bertz CT molecular complexity index is 1170. The Morgan fingerprint density at radius 3 is 2.58 bits per heavy atom. The number of hydrogen-bond donors (Lipinski definition) is 1. The van der Waals surface area contributed by atoms with Crippen molar-refractivity contribution in [1.82, 2.24) is 0 Å². The summed E-state index contributed by atoms with van der Waals surface area (Å²) in [6.45, 7) is 3.86. The first-order valence-corrected chi connectivity index (χ1v) is 8.21. The van der Waals surface area contributed by atoms with Crippen LogP contribution >= 0.6 is 0 Å². The van der Waals surface area contributed by atoms with Crippen molar-refractivity contribution in [2.45, 2.75) is 19.8 Å². The molecule has 2 heterocycles. The Kier molecular flexibility index (Phi) is 3.55. The van der Waals surface area contributed by atoms with Gasteiger partial charge in [0.1, 0.15) is 17.2 Å². The Balaban J connectivity index is 2.13. The van der Waals surface area contributed by atoms with Crippen LogP contribution in [-0.2, 0) is 0 Å². The first-order valence-electron chi connectivity index (χ1n) is 8.21. The van der Waals surface area contributed by atoms with Gasteiger partial charge in [-0.15, -0.1) is 0 Å². The van der Waals surface area contributed by atoms with E-state index in [1.165, 1.54) is 0 Å². The van der Waals surface area contributed by atoms with Gasteiger partial charge in [-0.25, -0.2) is 4.79 Å². The van der Waals surface area contributed by atoms with Gasteiger partial charge in [0.05, 0.1) is 16.9 Å². The van der Waals surface area contributed by atoms with Gasteiger partial charge in [0.2, 0.25) is 5.88 Å². The number of nitrogens with zero attached hydrogens (tertiary/aromatic N) is 1. The van der Waals surface area contributed by atoms with E-state index in [-0.39, 0.29) is 11.5 Å². The van der Waals surface area contributed by atoms with E-state index in [1.807, 2.05) is 50.2 Å². The van der Waals surface area contributed by atoms with E-state index in [0.29, 0.717) is 22.3 Å². The van der Waals surface area contributed by atoms with Crippen molar-refractivity contribution in [2.24, 2.45) is 5.73 Å². The lowest BCUT2D eigenvalue weighted by Crippen LogP contribution is -2.26. The van der Waals surface area contributed by atoms with Gasteiger partial charge in [0, 0.05) is 0 Å². The Morgan fingerprint density at radius 2 is 1.88 bits per heavy atom. The number of ether oxygens (including phenoxy) is 1. The molecule has 0 spiro atoms. The monoisotopic (exact) mass is 344 g/mol. The molecule has 0 fully saturated rings. The molecule has 1 atom stereocenters. The molecule has 128 valence electrons. The van der Waals surface area contributed by atoms with Crippen LogP contribution in [0.3, 0.4) is 0 Å². The standard InChI is InChI=1S/C21H16N2O3/c1-11-8-12(2)16-15(9-11)25-21(24)18-17(13-6-4-3-5-7-13)14(10-22)20(23)26-19(16)18/h3-9,17H,23H2,1-2H3/t17-/m0/s1. The molecule has 5 nitrogen and oxygen atoms in total. The SMILES string of the molecule is Cc1cc(C)c2c3c(c(=O)oc2c1)[C@@H](c1ccccc1)C(C#N)=C(N)O3. The lowest BCUT2D eigenvalue weighted by Gasteiger charge is -2.26. The van der Waals surface area contributed by atoms with Gasteiger partial charge in [0.25, 0.3) is 0 Å². The summed E-state index contributed by atoms with van der Waals surface area (Å²) >= 11 is 0. The minimum Gasteiger partial charge on any atom is -0.439 e. The van der Waals surface area contributed by atoms with Gasteiger partial charge in [-0.1, -0.05) is 36.4 Å². The molecule has 1 aliphatic rings. The van der Waals surface area contributed by atoms with E-state index in [4.69, 9.17) is 14.9 Å². The summed E-state index contributed by atoms with van der Waals surface area (Å²) in [7, 11) is 0. The maximum absolute atomic E-state index is 12.8. The molecule has 2 N–H and O–H groups in total. The number of allylic oxidation sites excluding steroid dienone is 1. The van der Waals surface area contributed by atoms with Crippen LogP contribution < -0.4 is 16.1 Å². The largest absolute Gasteiger partial charge is 0.439 e. The molecular weight excluding hydrogens is 328 g/mol. The quantitative estimate of drug-likeness (QED) is 0.681. The van der Waals surface area contributed by atoms with E-state index in [1.54, 1.807) is 6.07 Å². The normalized spacial score (nSPS) is 16.1. The second-order valence-corrected chi connectivity index (χ2v) is 6.42. The van der Waals surface area contributed by atoms with Gasteiger partial charge in [-0.2, -0.15) is 5.26 Å².